The van der Waals surface area contributed by atoms with Crippen molar-refractivity contribution in [3.8, 4) is 5.75 Å². The van der Waals surface area contributed by atoms with Crippen LogP contribution in [0, 0.1) is 5.41 Å². The predicted molar refractivity (Wildman–Crippen MR) is 96.4 cm³/mol. The molecule has 2 aromatic rings. The molecular formula is C18H18ClN3O2. The molecule has 0 fully saturated rings. The van der Waals surface area contributed by atoms with E-state index < -0.39 is 0 Å². The Morgan fingerprint density at radius 1 is 1.25 bits per heavy atom. The summed E-state index contributed by atoms with van der Waals surface area (Å²) in [4.78, 5) is 11.7. The lowest BCUT2D eigenvalue weighted by Gasteiger charge is -2.08. The van der Waals surface area contributed by atoms with E-state index in [1.54, 1.807) is 42.5 Å². The van der Waals surface area contributed by atoms with Crippen molar-refractivity contribution >= 4 is 29.4 Å². The minimum atomic E-state index is -0.203. The molecule has 0 aliphatic rings. The molecule has 2 aromatic carbocycles. The van der Waals surface area contributed by atoms with Crippen molar-refractivity contribution in [2.24, 2.45) is 5.73 Å². The zero-order valence-electron chi connectivity index (χ0n) is 13.0. The molecule has 2 rings (SSSR count). The molecule has 0 aliphatic carbocycles. The van der Waals surface area contributed by atoms with Crippen LogP contribution in [0.25, 0.3) is 6.08 Å². The molecular weight excluding hydrogens is 326 g/mol. The van der Waals surface area contributed by atoms with Gasteiger partial charge in [-0.1, -0.05) is 35.9 Å². The number of hydrogen-bond acceptors (Lipinski definition) is 3. The summed E-state index contributed by atoms with van der Waals surface area (Å²) in [6, 6.07) is 14.1. The maximum absolute atomic E-state index is 11.7. The average molecular weight is 344 g/mol. The Balaban J connectivity index is 1.73. The van der Waals surface area contributed by atoms with Gasteiger partial charge in [-0.25, -0.2) is 0 Å². The second-order valence-corrected chi connectivity index (χ2v) is 5.40. The van der Waals surface area contributed by atoms with Crippen molar-refractivity contribution in [2.45, 2.75) is 0 Å². The Kier molecular flexibility index (Phi) is 6.40. The smallest absolute Gasteiger partial charge is 0.244 e. The van der Waals surface area contributed by atoms with Crippen LogP contribution in [0.3, 0.4) is 0 Å². The fourth-order valence-electron chi connectivity index (χ4n) is 1.90. The van der Waals surface area contributed by atoms with E-state index in [2.05, 4.69) is 5.32 Å². The summed E-state index contributed by atoms with van der Waals surface area (Å²) in [5.74, 6) is 0.390. The highest BCUT2D eigenvalue weighted by Gasteiger charge is 2.00. The van der Waals surface area contributed by atoms with Gasteiger partial charge in [-0.3, -0.25) is 10.2 Å². The lowest BCUT2D eigenvalue weighted by atomic mass is 10.2. The van der Waals surface area contributed by atoms with Crippen LogP contribution in [0.5, 0.6) is 5.75 Å². The van der Waals surface area contributed by atoms with Crippen molar-refractivity contribution in [1.82, 2.24) is 5.32 Å². The molecule has 5 nitrogen and oxygen atoms in total. The number of amidine groups is 1. The third-order valence-electron chi connectivity index (χ3n) is 3.11. The Morgan fingerprint density at radius 2 is 2.00 bits per heavy atom. The first-order valence-electron chi connectivity index (χ1n) is 7.33. The summed E-state index contributed by atoms with van der Waals surface area (Å²) in [6.45, 7) is 0.690. The van der Waals surface area contributed by atoms with Crippen LogP contribution in [0.15, 0.2) is 54.6 Å². The molecule has 1 amide bonds. The Morgan fingerprint density at radius 3 is 2.71 bits per heavy atom. The maximum Gasteiger partial charge on any atom is 0.244 e. The zero-order valence-corrected chi connectivity index (χ0v) is 13.7. The molecule has 0 aliphatic heterocycles. The van der Waals surface area contributed by atoms with E-state index in [0.29, 0.717) is 29.5 Å². The SMILES string of the molecule is N=C(N)c1cccc(OCCNC(=O)/C=C/c2ccc(Cl)cc2)c1. The summed E-state index contributed by atoms with van der Waals surface area (Å²) in [6.07, 6.45) is 3.17. The molecule has 124 valence electrons. The second-order valence-electron chi connectivity index (χ2n) is 4.97. The summed E-state index contributed by atoms with van der Waals surface area (Å²) in [7, 11) is 0. The van der Waals surface area contributed by atoms with E-state index in [9.17, 15) is 4.79 Å². The van der Waals surface area contributed by atoms with Crippen molar-refractivity contribution in [3.63, 3.8) is 0 Å². The highest BCUT2D eigenvalue weighted by atomic mass is 35.5. The van der Waals surface area contributed by atoms with Crippen LogP contribution >= 0.6 is 11.6 Å². The van der Waals surface area contributed by atoms with Gasteiger partial charge < -0.3 is 15.8 Å². The van der Waals surface area contributed by atoms with Crippen molar-refractivity contribution in [3.05, 3.63) is 70.8 Å². The summed E-state index contributed by atoms with van der Waals surface area (Å²) < 4.78 is 5.52. The first-order valence-corrected chi connectivity index (χ1v) is 7.71. The van der Waals surface area contributed by atoms with E-state index in [0.717, 1.165) is 5.56 Å². The molecule has 0 saturated carbocycles. The summed E-state index contributed by atoms with van der Waals surface area (Å²) in [5, 5.41) is 10.8. The number of nitrogens with one attached hydrogen (secondary N) is 2. The molecule has 0 bridgehead atoms. The number of carbonyl (C=O) groups excluding carboxylic acids is 1. The summed E-state index contributed by atoms with van der Waals surface area (Å²) in [5.41, 5.74) is 6.92. The first kappa shape index (κ1) is 17.6. The number of nitrogen functional groups attached to an aromatic ring is 1. The number of amides is 1. The fourth-order valence-corrected chi connectivity index (χ4v) is 2.03. The van der Waals surface area contributed by atoms with Crippen LogP contribution in [-0.4, -0.2) is 24.9 Å². The van der Waals surface area contributed by atoms with Gasteiger partial charge in [0.05, 0.1) is 6.54 Å². The monoisotopic (exact) mass is 343 g/mol. The highest BCUT2D eigenvalue weighted by molar-refractivity contribution is 6.30. The summed E-state index contributed by atoms with van der Waals surface area (Å²) >= 11 is 5.80. The molecule has 0 aromatic heterocycles. The van der Waals surface area contributed by atoms with Gasteiger partial charge in [0.25, 0.3) is 0 Å². The van der Waals surface area contributed by atoms with Gasteiger partial charge in [-0.05, 0) is 35.9 Å². The Hall–Kier alpha value is -2.79. The minimum Gasteiger partial charge on any atom is -0.492 e. The number of ether oxygens (including phenoxy) is 1. The maximum atomic E-state index is 11.7. The number of halogens is 1. The molecule has 0 heterocycles. The van der Waals surface area contributed by atoms with E-state index in [1.807, 2.05) is 12.1 Å². The van der Waals surface area contributed by atoms with E-state index in [4.69, 9.17) is 27.5 Å². The molecule has 4 N–H and O–H groups in total. The molecule has 0 radical (unpaired) electrons. The zero-order chi connectivity index (χ0) is 17.4. The van der Waals surface area contributed by atoms with Gasteiger partial charge in [-0.2, -0.15) is 0 Å². The quantitative estimate of drug-likeness (QED) is 0.312. The average Bonchev–Trinajstić information content (AvgIpc) is 2.58. The molecule has 0 unspecified atom stereocenters. The van der Waals surface area contributed by atoms with E-state index in [1.165, 1.54) is 6.08 Å². The molecule has 0 atom stereocenters. The second kappa shape index (κ2) is 8.74. The van der Waals surface area contributed by atoms with Gasteiger partial charge >= 0.3 is 0 Å². The topological polar surface area (TPSA) is 88.2 Å². The lowest BCUT2D eigenvalue weighted by Crippen LogP contribution is -2.26. The van der Waals surface area contributed by atoms with Gasteiger partial charge in [-0.15, -0.1) is 0 Å². The third kappa shape index (κ3) is 5.78. The largest absolute Gasteiger partial charge is 0.492 e. The number of rotatable bonds is 7. The minimum absolute atomic E-state index is 0.0129. The van der Waals surface area contributed by atoms with Crippen LogP contribution in [0.1, 0.15) is 11.1 Å². The lowest BCUT2D eigenvalue weighted by molar-refractivity contribution is -0.116. The number of carbonyl (C=O) groups is 1. The molecule has 0 saturated heterocycles. The van der Waals surface area contributed by atoms with Crippen LogP contribution in [0.2, 0.25) is 5.02 Å². The Labute approximate surface area is 145 Å². The van der Waals surface area contributed by atoms with Gasteiger partial charge in [0.15, 0.2) is 0 Å². The van der Waals surface area contributed by atoms with Crippen molar-refractivity contribution in [2.75, 3.05) is 13.2 Å². The van der Waals surface area contributed by atoms with Crippen molar-refractivity contribution < 1.29 is 9.53 Å². The highest BCUT2D eigenvalue weighted by Crippen LogP contribution is 2.12. The number of hydrogen-bond donors (Lipinski definition) is 3. The normalized spacial score (nSPS) is 10.5. The Bertz CT molecular complexity index is 742. The van der Waals surface area contributed by atoms with E-state index >= 15 is 0 Å². The number of nitrogens with two attached hydrogens (primary N) is 1. The van der Waals surface area contributed by atoms with Crippen LogP contribution in [-0.2, 0) is 4.79 Å². The van der Waals surface area contributed by atoms with Crippen molar-refractivity contribution in [1.29, 1.82) is 5.41 Å². The predicted octanol–water partition coefficient (Wildman–Crippen LogP) is 2.83. The van der Waals surface area contributed by atoms with E-state index in [-0.39, 0.29) is 11.7 Å². The molecule has 0 spiro atoms. The standard InChI is InChI=1S/C18H18ClN3O2/c19-15-7-4-13(5-8-15)6-9-17(23)22-10-11-24-16-3-1-2-14(12-16)18(20)21/h1-9,12H,10-11H2,(H3,20,21)(H,22,23)/b9-6+. The number of benzene rings is 2. The molecule has 6 heteroatoms. The van der Waals surface area contributed by atoms with Gasteiger partial charge in [0, 0.05) is 16.7 Å². The molecule has 24 heavy (non-hydrogen) atoms. The first-order chi connectivity index (χ1) is 11.5. The van der Waals surface area contributed by atoms with Crippen LogP contribution < -0.4 is 15.8 Å². The fraction of sp³-hybridized carbons (Fsp3) is 0.111. The third-order valence-corrected chi connectivity index (χ3v) is 3.36. The van der Waals surface area contributed by atoms with Gasteiger partial charge in [0.1, 0.15) is 18.2 Å². The van der Waals surface area contributed by atoms with Gasteiger partial charge in [0.2, 0.25) is 5.91 Å². The van der Waals surface area contributed by atoms with Crippen LogP contribution in [0.4, 0.5) is 0 Å².